The van der Waals surface area contributed by atoms with Gasteiger partial charge in [-0.05, 0) is 53.4 Å². The first-order chi connectivity index (χ1) is 10.3. The quantitative estimate of drug-likeness (QED) is 0.446. The van der Waals surface area contributed by atoms with Crippen molar-refractivity contribution in [2.45, 2.75) is 59.4 Å². The Hall–Kier alpha value is -1.00. The number of hydrogen-bond donors (Lipinski definition) is 2. The summed E-state index contributed by atoms with van der Waals surface area (Å²) in [5, 5.41) is 0. The second-order valence-electron chi connectivity index (χ2n) is 6.01. The number of carbonyl (C=O) groups is 1. The van der Waals surface area contributed by atoms with Crippen LogP contribution < -0.4 is 11.5 Å². The molecule has 1 amide bonds. The summed E-state index contributed by atoms with van der Waals surface area (Å²) < 4.78 is 0. The number of rotatable bonds is 11. The van der Waals surface area contributed by atoms with Gasteiger partial charge in [0.15, 0.2) is 0 Å². The number of hydrogen-bond acceptors (Lipinski definition) is 3. The lowest BCUT2D eigenvalue weighted by molar-refractivity contribution is -0.118. The molecule has 0 aromatic heterocycles. The van der Waals surface area contributed by atoms with Gasteiger partial charge in [-0.15, -0.1) is 0 Å². The molecule has 0 aliphatic carbocycles. The predicted molar refractivity (Wildman–Crippen MR) is 99.9 cm³/mol. The Morgan fingerprint density at radius 2 is 1.55 bits per heavy atom. The fourth-order valence-electron chi connectivity index (χ4n) is 1.82. The minimum Gasteiger partial charge on any atom is -0.368 e. The molecular formula is C18H32N2OS. The Kier molecular flexibility index (Phi) is 12.0. The largest absolute Gasteiger partial charge is 0.368 e. The second kappa shape index (κ2) is 12.5. The van der Waals surface area contributed by atoms with E-state index in [4.69, 9.17) is 11.5 Å². The maximum Gasteiger partial charge on any atom is 0.235 e. The first kappa shape index (κ1) is 21.0. The van der Waals surface area contributed by atoms with Crippen molar-refractivity contribution in [3.63, 3.8) is 0 Å². The van der Waals surface area contributed by atoms with E-state index in [2.05, 4.69) is 45.9 Å². The molecule has 126 valence electrons. The molecule has 0 saturated carbocycles. The van der Waals surface area contributed by atoms with E-state index < -0.39 is 11.9 Å². The number of amides is 1. The molecule has 4 N–H and O–H groups in total. The van der Waals surface area contributed by atoms with Gasteiger partial charge in [-0.2, -0.15) is 11.8 Å². The summed E-state index contributed by atoms with van der Waals surface area (Å²) in [6, 6.07) is -0.537. The first-order valence-electron chi connectivity index (χ1n) is 7.90. The van der Waals surface area contributed by atoms with Crippen molar-refractivity contribution < 1.29 is 4.79 Å². The molecule has 0 heterocycles. The number of nitrogens with two attached hydrogens (primary N) is 2. The maximum atomic E-state index is 10.8. The zero-order chi connectivity index (χ0) is 17.0. The highest BCUT2D eigenvalue weighted by molar-refractivity contribution is 7.99. The highest BCUT2D eigenvalue weighted by atomic mass is 32.2. The fourth-order valence-corrected chi connectivity index (χ4v) is 2.77. The third-order valence-corrected chi connectivity index (χ3v) is 4.33. The van der Waals surface area contributed by atoms with E-state index in [1.54, 1.807) is 11.8 Å². The van der Waals surface area contributed by atoms with Gasteiger partial charge in [0, 0.05) is 11.5 Å². The van der Waals surface area contributed by atoms with E-state index in [9.17, 15) is 4.79 Å². The second-order valence-corrected chi connectivity index (χ2v) is 7.08. The van der Waals surface area contributed by atoms with Crippen molar-refractivity contribution in [3.05, 3.63) is 34.9 Å². The zero-order valence-electron chi connectivity index (χ0n) is 14.5. The number of primary amides is 1. The van der Waals surface area contributed by atoms with Crippen molar-refractivity contribution in [1.29, 1.82) is 0 Å². The summed E-state index contributed by atoms with van der Waals surface area (Å²) in [7, 11) is 0. The highest BCUT2D eigenvalue weighted by Gasteiger charge is 2.07. The van der Waals surface area contributed by atoms with Gasteiger partial charge in [0.05, 0.1) is 6.04 Å². The summed E-state index contributed by atoms with van der Waals surface area (Å²) in [4.78, 5) is 10.8. The first-order valence-corrected chi connectivity index (χ1v) is 9.05. The van der Waals surface area contributed by atoms with Crippen LogP contribution in [0.25, 0.3) is 0 Å². The monoisotopic (exact) mass is 324 g/mol. The third-order valence-electron chi connectivity index (χ3n) is 3.34. The molecule has 0 rings (SSSR count). The van der Waals surface area contributed by atoms with Gasteiger partial charge in [-0.25, -0.2) is 0 Å². The van der Waals surface area contributed by atoms with Crippen molar-refractivity contribution in [2.75, 3.05) is 11.5 Å². The van der Waals surface area contributed by atoms with Crippen LogP contribution >= 0.6 is 11.8 Å². The third kappa shape index (κ3) is 12.7. The van der Waals surface area contributed by atoms with Crippen LogP contribution in [0.4, 0.5) is 0 Å². The lowest BCUT2D eigenvalue weighted by atomic mass is 10.1. The summed E-state index contributed by atoms with van der Waals surface area (Å²) in [5.41, 5.74) is 14.9. The van der Waals surface area contributed by atoms with Crippen LogP contribution in [0.1, 0.15) is 53.4 Å². The Bertz CT molecular complexity index is 421. The molecule has 0 aliphatic rings. The Morgan fingerprint density at radius 3 is 2.09 bits per heavy atom. The van der Waals surface area contributed by atoms with Crippen LogP contribution in [0.5, 0.6) is 0 Å². The van der Waals surface area contributed by atoms with Crippen LogP contribution in [0.15, 0.2) is 34.9 Å². The molecule has 0 aromatic carbocycles. The molecule has 0 bridgehead atoms. The van der Waals surface area contributed by atoms with Crippen LogP contribution in [-0.2, 0) is 4.79 Å². The van der Waals surface area contributed by atoms with Crippen molar-refractivity contribution in [3.8, 4) is 0 Å². The zero-order valence-corrected chi connectivity index (χ0v) is 15.3. The lowest BCUT2D eigenvalue weighted by Crippen LogP contribution is -2.38. The smallest absolute Gasteiger partial charge is 0.235 e. The van der Waals surface area contributed by atoms with Gasteiger partial charge >= 0.3 is 0 Å². The van der Waals surface area contributed by atoms with Gasteiger partial charge < -0.3 is 11.5 Å². The molecule has 1 atom stereocenters. The molecule has 0 saturated heterocycles. The Labute approximate surface area is 140 Å². The fraction of sp³-hybridized carbons (Fsp3) is 0.611. The van der Waals surface area contributed by atoms with Gasteiger partial charge in [0.25, 0.3) is 0 Å². The van der Waals surface area contributed by atoms with Crippen molar-refractivity contribution in [1.82, 2.24) is 0 Å². The van der Waals surface area contributed by atoms with Gasteiger partial charge in [0.1, 0.15) is 0 Å². The number of carbonyl (C=O) groups excluding carboxylic acids is 1. The standard InChI is InChI=1S/C18H32N2OS/c1-14(2)7-5-8-15(3)9-6-10-16(4)11-12-22-13-17(19)18(20)21/h7,9,11,17H,5-6,8,10,12-13,19H2,1-4H3,(H2,20,21). The van der Waals surface area contributed by atoms with E-state index in [1.807, 2.05) is 0 Å². The molecule has 0 fully saturated rings. The molecule has 0 aliphatic heterocycles. The van der Waals surface area contributed by atoms with E-state index in [1.165, 1.54) is 16.7 Å². The summed E-state index contributed by atoms with van der Waals surface area (Å²) in [6.07, 6.45) is 11.3. The van der Waals surface area contributed by atoms with E-state index in [0.717, 1.165) is 31.4 Å². The van der Waals surface area contributed by atoms with Gasteiger partial charge in [-0.1, -0.05) is 34.9 Å². The average Bonchev–Trinajstić information content (AvgIpc) is 2.42. The molecule has 3 nitrogen and oxygen atoms in total. The number of allylic oxidation sites excluding steroid dienone is 5. The summed E-state index contributed by atoms with van der Waals surface area (Å²) in [5.74, 6) is 1.04. The van der Waals surface area contributed by atoms with Crippen molar-refractivity contribution >= 4 is 17.7 Å². The molecule has 0 radical (unpaired) electrons. The summed E-state index contributed by atoms with van der Waals surface area (Å²) >= 11 is 1.65. The van der Waals surface area contributed by atoms with E-state index in [-0.39, 0.29) is 0 Å². The maximum absolute atomic E-state index is 10.8. The average molecular weight is 325 g/mol. The molecule has 1 unspecified atom stereocenters. The van der Waals surface area contributed by atoms with E-state index >= 15 is 0 Å². The number of thioether (sulfide) groups is 1. The Morgan fingerprint density at radius 1 is 1.00 bits per heavy atom. The molecule has 4 heteroatoms. The molecular weight excluding hydrogens is 292 g/mol. The van der Waals surface area contributed by atoms with Crippen molar-refractivity contribution in [2.24, 2.45) is 11.5 Å². The molecule has 22 heavy (non-hydrogen) atoms. The Balaban J connectivity index is 3.87. The van der Waals surface area contributed by atoms with Crippen LogP contribution in [-0.4, -0.2) is 23.5 Å². The molecule has 0 spiro atoms. The van der Waals surface area contributed by atoms with Crippen LogP contribution in [0.2, 0.25) is 0 Å². The summed E-state index contributed by atoms with van der Waals surface area (Å²) in [6.45, 7) is 8.64. The topological polar surface area (TPSA) is 69.1 Å². The highest BCUT2D eigenvalue weighted by Crippen LogP contribution is 2.12. The normalized spacial score (nSPS) is 13.9. The van der Waals surface area contributed by atoms with Crippen LogP contribution in [0, 0.1) is 0 Å². The van der Waals surface area contributed by atoms with Gasteiger partial charge in [-0.3, -0.25) is 4.79 Å². The van der Waals surface area contributed by atoms with E-state index in [0.29, 0.717) is 5.75 Å². The minimum absolute atomic E-state index is 0.429. The minimum atomic E-state index is -0.537. The molecule has 0 aromatic rings. The lowest BCUT2D eigenvalue weighted by Gasteiger charge is -2.05. The van der Waals surface area contributed by atoms with Crippen LogP contribution in [0.3, 0.4) is 0 Å². The predicted octanol–water partition coefficient (Wildman–Crippen LogP) is 3.95. The van der Waals surface area contributed by atoms with Gasteiger partial charge in [0.2, 0.25) is 5.91 Å². The SMILES string of the molecule is CC(C)=CCCC(C)=CCCC(C)=CCSCC(N)C(N)=O.